The first-order valence-corrected chi connectivity index (χ1v) is 7.58. The van der Waals surface area contributed by atoms with Crippen molar-refractivity contribution in [2.45, 2.75) is 6.36 Å². The molecule has 0 radical (unpaired) electrons. The molecule has 0 amide bonds. The number of benzene rings is 2. The Balaban J connectivity index is 1.89. The number of alkyl halides is 3. The highest BCUT2D eigenvalue weighted by molar-refractivity contribution is 5.94. The number of halogens is 3. The van der Waals surface area contributed by atoms with Gasteiger partial charge in [-0.25, -0.2) is 10.3 Å². The van der Waals surface area contributed by atoms with Gasteiger partial charge in [0.05, 0.1) is 17.1 Å². The number of imidazole rings is 1. The van der Waals surface area contributed by atoms with Crippen LogP contribution in [-0.4, -0.2) is 27.0 Å². The summed E-state index contributed by atoms with van der Waals surface area (Å²) in [6, 6.07) is 12.1. The van der Waals surface area contributed by atoms with Crippen molar-refractivity contribution in [1.29, 1.82) is 0 Å². The summed E-state index contributed by atoms with van der Waals surface area (Å²) < 4.78 is 42.6. The molecule has 0 fully saturated rings. The van der Waals surface area contributed by atoms with E-state index in [0.29, 0.717) is 11.3 Å². The lowest BCUT2D eigenvalue weighted by Gasteiger charge is -2.22. The fraction of sp³-hybridized carbons (Fsp3) is 0.0588. The van der Waals surface area contributed by atoms with Crippen LogP contribution in [-0.2, 0) is 0 Å². The highest BCUT2D eigenvalue weighted by atomic mass is 19.4. The number of carboxylic acid groups (broad SMARTS) is 1. The number of ether oxygens (including phenoxy) is 1. The highest BCUT2D eigenvalue weighted by Gasteiger charge is 2.33. The molecule has 0 atom stereocenters. The number of carbonyl (C=O) groups is 1. The molecule has 3 aromatic rings. The number of aromatic nitrogens is 2. The van der Waals surface area contributed by atoms with Crippen LogP contribution < -0.4 is 15.1 Å². The summed E-state index contributed by atoms with van der Waals surface area (Å²) in [6.45, 7) is 0. The maximum Gasteiger partial charge on any atom is 0.573 e. The van der Waals surface area contributed by atoms with Crippen molar-refractivity contribution >= 4 is 11.7 Å². The van der Waals surface area contributed by atoms with Gasteiger partial charge in [0.15, 0.2) is 5.69 Å². The van der Waals surface area contributed by atoms with Gasteiger partial charge in [0.25, 0.3) is 0 Å². The van der Waals surface area contributed by atoms with E-state index in [0.717, 1.165) is 12.1 Å². The Morgan fingerprint density at radius 1 is 1.19 bits per heavy atom. The summed E-state index contributed by atoms with van der Waals surface area (Å²) in [5.74, 6) is -1.71. The number of aromatic carboxylic acids is 1. The minimum Gasteiger partial charge on any atom is -0.476 e. The van der Waals surface area contributed by atoms with E-state index in [1.807, 2.05) is 0 Å². The Morgan fingerprint density at radius 2 is 1.93 bits per heavy atom. The number of fused-ring (bicyclic) bond motifs is 3. The van der Waals surface area contributed by atoms with Crippen LogP contribution in [0.4, 0.5) is 18.9 Å². The first kappa shape index (κ1) is 16.8. The topological polar surface area (TPSA) is 85.6 Å². The quantitative estimate of drug-likeness (QED) is 0.721. The van der Waals surface area contributed by atoms with Crippen molar-refractivity contribution < 1.29 is 32.6 Å². The number of nitrogens with zero attached hydrogens (tertiary/aromatic N) is 2. The Bertz CT molecular complexity index is 1030. The van der Waals surface area contributed by atoms with Gasteiger partial charge < -0.3 is 14.7 Å². The maximum atomic E-state index is 12.4. The van der Waals surface area contributed by atoms with Crippen LogP contribution in [0.1, 0.15) is 10.5 Å². The van der Waals surface area contributed by atoms with E-state index in [9.17, 15) is 23.1 Å². The third-order valence-electron chi connectivity index (χ3n) is 3.79. The van der Waals surface area contributed by atoms with Gasteiger partial charge in [-0.1, -0.05) is 30.3 Å². The van der Waals surface area contributed by atoms with Crippen LogP contribution in [0.5, 0.6) is 11.8 Å². The molecule has 10 heteroatoms. The zero-order valence-electron chi connectivity index (χ0n) is 13.3. The molecular formula is C17H10F3N3O4. The Kier molecular flexibility index (Phi) is 3.69. The molecule has 1 aliphatic rings. The number of hydrogen-bond donors (Lipinski definition) is 2. The van der Waals surface area contributed by atoms with Crippen LogP contribution >= 0.6 is 0 Å². The summed E-state index contributed by atoms with van der Waals surface area (Å²) in [7, 11) is 0. The third-order valence-corrected chi connectivity index (χ3v) is 3.79. The summed E-state index contributed by atoms with van der Waals surface area (Å²) in [6.07, 6.45) is -4.84. The normalized spacial score (nSPS) is 12.4. The molecule has 2 N–H and O–H groups in total. The molecule has 4 rings (SSSR count). The van der Waals surface area contributed by atoms with Crippen LogP contribution in [0.3, 0.4) is 0 Å². The first-order chi connectivity index (χ1) is 12.8. The number of nitrogens with one attached hydrogen (secondary N) is 1. The molecule has 27 heavy (non-hydrogen) atoms. The minimum absolute atomic E-state index is 0.0526. The molecule has 2 aromatic carbocycles. The standard InChI is InChI=1S/C17H10F3N3O4/c18-17(19,20)26-10-6-7-12-11(8-10)22-27-16-21-13(15(24)25)14(23(12)16)9-4-2-1-3-5-9/h1-8,22H,(H,24,25). The second kappa shape index (κ2) is 5.94. The van der Waals surface area contributed by atoms with Crippen LogP contribution in [0, 0.1) is 0 Å². The number of carboxylic acids is 1. The average Bonchev–Trinajstić information content (AvgIpc) is 3.01. The van der Waals surface area contributed by atoms with Crippen molar-refractivity contribution in [2.75, 3.05) is 5.48 Å². The molecule has 0 aliphatic carbocycles. The smallest absolute Gasteiger partial charge is 0.476 e. The number of hydrogen-bond acceptors (Lipinski definition) is 5. The van der Waals surface area contributed by atoms with Crippen LogP contribution in [0.15, 0.2) is 48.5 Å². The molecule has 7 nitrogen and oxygen atoms in total. The Labute approximate surface area is 149 Å². The predicted octanol–water partition coefficient (Wildman–Crippen LogP) is 3.86. The summed E-state index contributed by atoms with van der Waals surface area (Å²) in [5, 5.41) is 9.50. The number of rotatable bonds is 3. The zero-order valence-corrected chi connectivity index (χ0v) is 13.3. The number of anilines is 1. The van der Waals surface area contributed by atoms with Gasteiger partial charge in [0.2, 0.25) is 0 Å². The van der Waals surface area contributed by atoms with Crippen molar-refractivity contribution in [1.82, 2.24) is 9.55 Å². The molecule has 2 heterocycles. The molecule has 1 aliphatic heterocycles. The summed E-state index contributed by atoms with van der Waals surface area (Å²) in [5.41, 5.74) is 3.53. The summed E-state index contributed by atoms with van der Waals surface area (Å²) in [4.78, 5) is 20.8. The predicted molar refractivity (Wildman–Crippen MR) is 86.9 cm³/mol. The van der Waals surface area contributed by atoms with Gasteiger partial charge in [-0.3, -0.25) is 4.57 Å². The van der Waals surface area contributed by atoms with Crippen LogP contribution in [0.25, 0.3) is 16.9 Å². The molecule has 138 valence electrons. The monoisotopic (exact) mass is 377 g/mol. The molecule has 0 saturated carbocycles. The van der Waals surface area contributed by atoms with E-state index in [4.69, 9.17) is 4.84 Å². The van der Waals surface area contributed by atoms with Gasteiger partial charge in [0, 0.05) is 11.6 Å². The van der Waals surface area contributed by atoms with Gasteiger partial charge >= 0.3 is 18.3 Å². The molecule has 0 bridgehead atoms. The van der Waals surface area contributed by atoms with Crippen molar-refractivity contribution in [3.8, 4) is 28.7 Å². The van der Waals surface area contributed by atoms with E-state index in [1.165, 1.54) is 10.6 Å². The fourth-order valence-electron chi connectivity index (χ4n) is 2.79. The van der Waals surface area contributed by atoms with Gasteiger partial charge in [-0.05, 0) is 12.1 Å². The summed E-state index contributed by atoms with van der Waals surface area (Å²) >= 11 is 0. The molecular weight excluding hydrogens is 367 g/mol. The van der Waals surface area contributed by atoms with E-state index < -0.39 is 18.1 Å². The van der Waals surface area contributed by atoms with Crippen molar-refractivity contribution in [3.05, 3.63) is 54.2 Å². The van der Waals surface area contributed by atoms with Gasteiger partial charge in [0.1, 0.15) is 5.75 Å². The second-order valence-electron chi connectivity index (χ2n) is 5.53. The lowest BCUT2D eigenvalue weighted by Crippen LogP contribution is -2.20. The van der Waals surface area contributed by atoms with E-state index in [1.54, 1.807) is 30.3 Å². The van der Waals surface area contributed by atoms with Gasteiger partial charge in [-0.15, -0.1) is 13.2 Å². The van der Waals surface area contributed by atoms with Crippen molar-refractivity contribution in [3.63, 3.8) is 0 Å². The Hall–Kier alpha value is -3.69. The minimum atomic E-state index is -4.84. The van der Waals surface area contributed by atoms with Crippen molar-refractivity contribution in [2.24, 2.45) is 0 Å². The highest BCUT2D eigenvalue weighted by Crippen LogP contribution is 2.39. The molecule has 1 aromatic heterocycles. The first-order valence-electron chi connectivity index (χ1n) is 7.58. The molecule has 0 unspecified atom stereocenters. The van der Waals surface area contributed by atoms with E-state index in [2.05, 4.69) is 15.2 Å². The Morgan fingerprint density at radius 3 is 2.59 bits per heavy atom. The maximum absolute atomic E-state index is 12.4. The lowest BCUT2D eigenvalue weighted by molar-refractivity contribution is -0.274. The van der Waals surface area contributed by atoms with E-state index >= 15 is 0 Å². The fourth-order valence-corrected chi connectivity index (χ4v) is 2.79. The van der Waals surface area contributed by atoms with E-state index in [-0.39, 0.29) is 23.1 Å². The lowest BCUT2D eigenvalue weighted by atomic mass is 10.1. The third kappa shape index (κ3) is 3.01. The second-order valence-corrected chi connectivity index (χ2v) is 5.53. The average molecular weight is 377 g/mol. The van der Waals surface area contributed by atoms with Gasteiger partial charge in [-0.2, -0.15) is 4.98 Å². The zero-order chi connectivity index (χ0) is 19.2. The SMILES string of the molecule is O=C(O)c1nc2n(c1-c1ccccc1)-c1ccc(OC(F)(F)F)cc1NO2. The largest absolute Gasteiger partial charge is 0.573 e. The van der Waals surface area contributed by atoms with Crippen LogP contribution in [0.2, 0.25) is 0 Å². The molecule has 0 saturated heterocycles. The molecule has 0 spiro atoms.